The number of hydrogen-bond donors (Lipinski definition) is 1. The predicted octanol–water partition coefficient (Wildman–Crippen LogP) is 4.83. The van der Waals surface area contributed by atoms with Crippen LogP contribution in [0.3, 0.4) is 0 Å². The summed E-state index contributed by atoms with van der Waals surface area (Å²) in [5.74, 6) is 1.06. The van der Waals surface area contributed by atoms with Gasteiger partial charge < -0.3 is 13.9 Å². The van der Waals surface area contributed by atoms with E-state index in [0.717, 1.165) is 11.8 Å². The molecule has 5 rings (SSSR count). The summed E-state index contributed by atoms with van der Waals surface area (Å²) in [5.41, 5.74) is 2.58. The summed E-state index contributed by atoms with van der Waals surface area (Å²) >= 11 is 0. The van der Waals surface area contributed by atoms with Crippen LogP contribution in [0.15, 0.2) is 55.0 Å². The lowest BCUT2D eigenvalue weighted by Crippen LogP contribution is -2.23. The number of benzene rings is 1. The van der Waals surface area contributed by atoms with Gasteiger partial charge in [0, 0.05) is 31.0 Å². The van der Waals surface area contributed by atoms with Crippen LogP contribution in [0.5, 0.6) is 5.88 Å². The summed E-state index contributed by atoms with van der Waals surface area (Å²) in [6.07, 6.45) is -0.204. The molecule has 38 heavy (non-hydrogen) atoms. The van der Waals surface area contributed by atoms with Crippen molar-refractivity contribution in [3.63, 3.8) is 0 Å². The van der Waals surface area contributed by atoms with Crippen LogP contribution in [0.25, 0.3) is 33.9 Å². The lowest BCUT2D eigenvalue weighted by Gasteiger charge is -2.12. The van der Waals surface area contributed by atoms with Crippen molar-refractivity contribution in [3.8, 4) is 28.7 Å². The molecule has 12 heteroatoms. The van der Waals surface area contributed by atoms with Crippen LogP contribution >= 0.6 is 0 Å². The fourth-order valence-corrected chi connectivity index (χ4v) is 4.28. The Balaban J connectivity index is 1.52. The molecule has 0 aliphatic rings. The van der Waals surface area contributed by atoms with Crippen LogP contribution in [0, 0.1) is 5.41 Å². The number of ether oxygens (including phenoxy) is 1. The zero-order chi connectivity index (χ0) is 27.2. The second kappa shape index (κ2) is 9.43. The maximum absolute atomic E-state index is 13.3. The number of rotatable bonds is 6. The molecule has 0 saturated heterocycles. The third-order valence-corrected chi connectivity index (χ3v) is 6.28. The highest BCUT2D eigenvalue weighted by Crippen LogP contribution is 2.33. The normalized spacial score (nSPS) is 12.0. The quantitative estimate of drug-likeness (QED) is 0.344. The summed E-state index contributed by atoms with van der Waals surface area (Å²) < 4.78 is 50.2. The summed E-state index contributed by atoms with van der Waals surface area (Å²) in [4.78, 5) is 17.3. The van der Waals surface area contributed by atoms with Crippen LogP contribution in [-0.2, 0) is 19.8 Å². The van der Waals surface area contributed by atoms with E-state index in [4.69, 9.17) is 15.1 Å². The van der Waals surface area contributed by atoms with E-state index in [1.165, 1.54) is 11.7 Å². The van der Waals surface area contributed by atoms with Gasteiger partial charge in [-0.3, -0.25) is 9.98 Å². The van der Waals surface area contributed by atoms with E-state index >= 15 is 0 Å². The molecule has 4 heterocycles. The molecule has 0 aliphatic heterocycles. The molecule has 0 atom stereocenters. The van der Waals surface area contributed by atoms with Gasteiger partial charge in [-0.05, 0) is 31.5 Å². The fourth-order valence-electron chi connectivity index (χ4n) is 4.28. The van der Waals surface area contributed by atoms with E-state index in [-0.39, 0.29) is 17.5 Å². The number of aromatic nitrogens is 7. The number of hydrogen-bond acceptors (Lipinski definition) is 6. The second-order valence-electron chi connectivity index (χ2n) is 9.08. The molecule has 0 bridgehead atoms. The van der Waals surface area contributed by atoms with Crippen LogP contribution in [0.2, 0.25) is 0 Å². The van der Waals surface area contributed by atoms with Gasteiger partial charge in [-0.25, -0.2) is 19.9 Å². The van der Waals surface area contributed by atoms with E-state index in [1.54, 1.807) is 46.8 Å². The first-order chi connectivity index (χ1) is 18.1. The summed E-state index contributed by atoms with van der Waals surface area (Å²) in [7, 11) is 3.29. The van der Waals surface area contributed by atoms with E-state index in [1.807, 2.05) is 32.0 Å². The number of pyridine rings is 1. The number of methoxy groups -OCH3 is 1. The molecule has 9 nitrogen and oxygen atoms in total. The van der Waals surface area contributed by atoms with Gasteiger partial charge in [0.15, 0.2) is 17.2 Å². The molecular weight excluding hydrogens is 497 g/mol. The average molecular weight is 523 g/mol. The van der Waals surface area contributed by atoms with Crippen LogP contribution < -0.4 is 10.4 Å². The molecule has 1 N–H and O–H groups in total. The number of nitrogens with zero attached hydrogens (tertiary/aromatic N) is 7. The first-order valence-electron chi connectivity index (χ1n) is 11.8. The average Bonchev–Trinajstić information content (AvgIpc) is 3.46. The Morgan fingerprint density at radius 2 is 1.79 bits per heavy atom. The molecule has 4 aromatic heterocycles. The molecule has 196 valence electrons. The van der Waals surface area contributed by atoms with Gasteiger partial charge in [0.05, 0.1) is 25.4 Å². The van der Waals surface area contributed by atoms with E-state index < -0.39 is 11.9 Å². The molecule has 0 amide bonds. The first kappa shape index (κ1) is 25.2. The Hall–Kier alpha value is -4.48. The van der Waals surface area contributed by atoms with E-state index in [2.05, 4.69) is 15.0 Å². The minimum atomic E-state index is -4.52. The molecular formula is C26H25F3N8O. The number of imidazole rings is 2. The van der Waals surface area contributed by atoms with Gasteiger partial charge in [-0.1, -0.05) is 24.3 Å². The Morgan fingerprint density at radius 3 is 2.45 bits per heavy atom. The largest absolute Gasteiger partial charge is 0.480 e. The van der Waals surface area contributed by atoms with Crippen molar-refractivity contribution in [2.24, 2.45) is 7.05 Å². The smallest absolute Gasteiger partial charge is 0.434 e. The van der Waals surface area contributed by atoms with E-state index in [0.29, 0.717) is 40.5 Å². The highest BCUT2D eigenvalue weighted by molar-refractivity contribution is 5.74. The molecule has 0 radical (unpaired) electrons. The van der Waals surface area contributed by atoms with Gasteiger partial charge in [0.25, 0.3) is 0 Å². The second-order valence-corrected chi connectivity index (χ2v) is 9.08. The molecule has 0 saturated carbocycles. The number of halogens is 3. The maximum Gasteiger partial charge on any atom is 0.434 e. The number of aryl methyl sites for hydroxylation is 1. The Kier molecular flexibility index (Phi) is 6.25. The van der Waals surface area contributed by atoms with Crippen molar-refractivity contribution in [2.75, 3.05) is 7.11 Å². The molecule has 0 spiro atoms. The third-order valence-electron chi connectivity index (χ3n) is 6.28. The summed E-state index contributed by atoms with van der Waals surface area (Å²) in [6.45, 7) is 3.94. The standard InChI is InChI=1S/C26H25F3N8O/c1-15(2)36-14-20(26(27,28)29)33-22(36)17-9-7-16(8-10-17)13-37-23-19(35(3)25(37)30)12-32-21(34-23)18-6-5-11-31-24(18)38-4/h5-12,14-15,30H,13H2,1-4H3. The van der Waals surface area contributed by atoms with Crippen molar-refractivity contribution < 1.29 is 17.9 Å². The Morgan fingerprint density at radius 1 is 1.05 bits per heavy atom. The van der Waals surface area contributed by atoms with Crippen molar-refractivity contribution in [1.29, 1.82) is 5.41 Å². The molecule has 0 unspecified atom stereocenters. The number of nitrogens with one attached hydrogen (secondary N) is 1. The monoisotopic (exact) mass is 522 g/mol. The van der Waals surface area contributed by atoms with Crippen LogP contribution in [0.1, 0.15) is 31.1 Å². The predicted molar refractivity (Wildman–Crippen MR) is 134 cm³/mol. The van der Waals surface area contributed by atoms with Crippen molar-refractivity contribution in [1.82, 2.24) is 33.6 Å². The van der Waals surface area contributed by atoms with Crippen LogP contribution in [0.4, 0.5) is 13.2 Å². The fraction of sp³-hybridized carbons (Fsp3) is 0.269. The van der Waals surface area contributed by atoms with E-state index in [9.17, 15) is 13.2 Å². The minimum Gasteiger partial charge on any atom is -0.480 e. The third kappa shape index (κ3) is 4.42. The molecule has 5 aromatic rings. The minimum absolute atomic E-state index is 0.197. The lowest BCUT2D eigenvalue weighted by molar-refractivity contribution is -0.140. The summed E-state index contributed by atoms with van der Waals surface area (Å²) in [6, 6.07) is 10.5. The Bertz CT molecular complexity index is 1680. The maximum atomic E-state index is 13.3. The zero-order valence-corrected chi connectivity index (χ0v) is 21.2. The topological polar surface area (TPSA) is 99.4 Å². The number of alkyl halides is 3. The lowest BCUT2D eigenvalue weighted by atomic mass is 10.1. The first-order valence-corrected chi connectivity index (χ1v) is 11.8. The van der Waals surface area contributed by atoms with Crippen molar-refractivity contribution in [3.05, 3.63) is 71.9 Å². The molecule has 0 fully saturated rings. The van der Waals surface area contributed by atoms with Crippen molar-refractivity contribution in [2.45, 2.75) is 32.6 Å². The highest BCUT2D eigenvalue weighted by Gasteiger charge is 2.35. The van der Waals surface area contributed by atoms with Crippen molar-refractivity contribution >= 4 is 11.2 Å². The van der Waals surface area contributed by atoms with Gasteiger partial charge >= 0.3 is 6.18 Å². The number of fused-ring (bicyclic) bond motifs is 1. The zero-order valence-electron chi connectivity index (χ0n) is 21.2. The molecule has 0 aliphatic carbocycles. The van der Waals surface area contributed by atoms with Crippen LogP contribution in [-0.4, -0.2) is 40.7 Å². The van der Waals surface area contributed by atoms with Gasteiger partial charge in [-0.2, -0.15) is 13.2 Å². The SMILES string of the molecule is COc1ncccc1-c1ncc2c(n1)n(Cc1ccc(-c3nc(C(F)(F)F)cn3C(C)C)cc1)c(=N)n2C. The van der Waals surface area contributed by atoms with Gasteiger partial charge in [-0.15, -0.1) is 0 Å². The van der Waals surface area contributed by atoms with Gasteiger partial charge in [0.2, 0.25) is 11.5 Å². The Labute approximate surface area is 215 Å². The van der Waals surface area contributed by atoms with Gasteiger partial charge in [0.1, 0.15) is 11.3 Å². The highest BCUT2D eigenvalue weighted by atomic mass is 19.4. The summed E-state index contributed by atoms with van der Waals surface area (Å²) in [5, 5.41) is 8.64. The molecule has 1 aromatic carbocycles.